The first-order valence-corrected chi connectivity index (χ1v) is 11.3. The molecule has 1 aromatic heterocycles. The van der Waals surface area contributed by atoms with Crippen molar-refractivity contribution in [2.75, 3.05) is 7.11 Å². The van der Waals surface area contributed by atoms with Crippen LogP contribution in [0.5, 0.6) is 0 Å². The van der Waals surface area contributed by atoms with E-state index in [9.17, 15) is 15.1 Å². The number of nitrogens with one attached hydrogen (secondary N) is 2. The summed E-state index contributed by atoms with van der Waals surface area (Å²) in [5, 5.41) is 31.8. The maximum atomic E-state index is 12.7. The van der Waals surface area contributed by atoms with E-state index in [4.69, 9.17) is 10.1 Å². The minimum absolute atomic E-state index is 0.0762. The average Bonchev–Trinajstić information content (AvgIpc) is 3.65. The van der Waals surface area contributed by atoms with E-state index < -0.39 is 11.5 Å². The second-order valence-corrected chi connectivity index (χ2v) is 9.00. The Kier molecular flexibility index (Phi) is 6.34. The summed E-state index contributed by atoms with van der Waals surface area (Å²) in [6.07, 6.45) is 10.3. The third-order valence-corrected chi connectivity index (χ3v) is 6.66. The molecule has 3 aliphatic rings. The van der Waals surface area contributed by atoms with Crippen LogP contribution in [0.25, 0.3) is 4.85 Å². The van der Waals surface area contributed by atoms with Crippen molar-refractivity contribution in [3.8, 4) is 6.07 Å². The number of ether oxygens (including phenoxy) is 1. The molecule has 0 aromatic carbocycles. The van der Waals surface area contributed by atoms with Crippen LogP contribution in [0.15, 0.2) is 53.6 Å². The number of methoxy groups -OCH3 is 1. The molecule has 0 saturated heterocycles. The number of hydrogen-bond donors (Lipinski definition) is 4. The highest BCUT2D eigenvalue weighted by atomic mass is 16.5. The van der Waals surface area contributed by atoms with Gasteiger partial charge in [-0.3, -0.25) is 15.4 Å². The third-order valence-electron chi connectivity index (χ3n) is 6.66. The molecule has 8 heteroatoms. The van der Waals surface area contributed by atoms with Crippen molar-refractivity contribution in [3.63, 3.8) is 0 Å². The van der Waals surface area contributed by atoms with Gasteiger partial charge >= 0.3 is 17.8 Å². The molecule has 8 nitrogen and oxygen atoms in total. The molecule has 1 heterocycles. The van der Waals surface area contributed by atoms with Gasteiger partial charge in [-0.1, -0.05) is 0 Å². The first-order valence-electron chi connectivity index (χ1n) is 11.3. The highest BCUT2D eigenvalue weighted by Gasteiger charge is 2.46. The number of aromatic nitrogens is 1. The molecule has 172 valence electrons. The first-order chi connectivity index (χ1) is 15.8. The molecule has 0 radical (unpaired) electrons. The van der Waals surface area contributed by atoms with Gasteiger partial charge in [-0.05, 0) is 61.4 Å². The Labute approximate surface area is 193 Å². The number of aliphatic hydroxyl groups is 1. The summed E-state index contributed by atoms with van der Waals surface area (Å²) in [7, 11) is 1.46. The fourth-order valence-corrected chi connectivity index (χ4v) is 4.43. The van der Waals surface area contributed by atoms with Gasteiger partial charge in [0, 0.05) is 29.9 Å². The zero-order chi connectivity index (χ0) is 23.6. The smallest absolute Gasteiger partial charge is 0.325 e. The molecule has 4 N–H and O–H groups in total. The van der Waals surface area contributed by atoms with Crippen molar-refractivity contribution in [2.45, 2.75) is 51.0 Å². The molecule has 0 unspecified atom stereocenters. The van der Waals surface area contributed by atoms with E-state index in [-0.39, 0.29) is 17.3 Å². The molecule has 0 bridgehead atoms. The fraction of sp³-hybridized carbons (Fsp3) is 0.440. The standard InChI is InChI=1S/C25H29N4O4/c1-16-4-3-5-22(29(16)32)24(30)28-21-12-18(20(26)13-23(21)33-2)15-27-14-17-8-10-25(31,11-9-17)19-6-7-19/h3-5,12-13,15,17,19,26,31H,6-11H2,1-2H3,(H-,28,30,32)/q+1/p+1/b18-15-,26-20?. The van der Waals surface area contributed by atoms with Crippen LogP contribution in [0.3, 0.4) is 0 Å². The number of hydrogen-bond acceptors (Lipinski definition) is 5. The molecular weight excluding hydrogens is 420 g/mol. The van der Waals surface area contributed by atoms with Crippen LogP contribution in [-0.4, -0.2) is 34.6 Å². The maximum Gasteiger partial charge on any atom is 0.325 e. The van der Waals surface area contributed by atoms with E-state index in [0.717, 1.165) is 43.3 Å². The number of carbonyl (C=O) groups is 1. The molecular formula is C25H30N4O4+2. The number of rotatable bonds is 4. The minimum Gasteiger partial charge on any atom is -0.494 e. The van der Waals surface area contributed by atoms with Crippen molar-refractivity contribution in [1.82, 2.24) is 5.32 Å². The quantitative estimate of drug-likeness (QED) is 0.417. The van der Waals surface area contributed by atoms with Gasteiger partial charge in [-0.2, -0.15) is 0 Å². The Bertz CT molecular complexity index is 1130. The number of aryl methyl sites for hydroxylation is 1. The molecule has 0 aliphatic heterocycles. The Hall–Kier alpha value is -3.44. The second kappa shape index (κ2) is 9.20. The third kappa shape index (κ3) is 4.99. The maximum absolute atomic E-state index is 12.7. The van der Waals surface area contributed by atoms with Gasteiger partial charge in [-0.25, -0.2) is 0 Å². The molecule has 1 amide bonds. The van der Waals surface area contributed by atoms with Crippen molar-refractivity contribution < 1.29 is 24.6 Å². The van der Waals surface area contributed by atoms with E-state index in [1.165, 1.54) is 19.3 Å². The van der Waals surface area contributed by atoms with Crippen LogP contribution < -0.4 is 10.0 Å². The molecule has 0 spiro atoms. The van der Waals surface area contributed by atoms with Crippen LogP contribution in [-0.2, 0) is 4.74 Å². The summed E-state index contributed by atoms with van der Waals surface area (Å²) in [6, 6.07) is 8.02. The number of nitrogens with zero attached hydrogens (tertiary/aromatic N) is 2. The number of carbonyl (C=O) groups excluding carboxylic acids is 1. The molecule has 4 rings (SSSR count). The van der Waals surface area contributed by atoms with Crippen LogP contribution in [0.4, 0.5) is 0 Å². The zero-order valence-electron chi connectivity index (χ0n) is 19.0. The lowest BCUT2D eigenvalue weighted by atomic mass is 9.77. The highest BCUT2D eigenvalue weighted by molar-refractivity contribution is 6.10. The molecule has 2 fully saturated rings. The normalized spacial score (nSPS) is 26.1. The van der Waals surface area contributed by atoms with E-state index in [2.05, 4.69) is 16.2 Å². The summed E-state index contributed by atoms with van der Waals surface area (Å²) in [5.41, 5.74) is 1.18. The van der Waals surface area contributed by atoms with Gasteiger partial charge in [0.05, 0.1) is 35.6 Å². The van der Waals surface area contributed by atoms with Gasteiger partial charge in [0.15, 0.2) is 0 Å². The Balaban J connectivity index is 1.47. The van der Waals surface area contributed by atoms with Crippen molar-refractivity contribution in [2.24, 2.45) is 11.8 Å². The highest BCUT2D eigenvalue weighted by Crippen LogP contribution is 2.48. The van der Waals surface area contributed by atoms with E-state index in [0.29, 0.717) is 28.6 Å². The Morgan fingerprint density at radius 3 is 2.70 bits per heavy atom. The lowest BCUT2D eigenvalue weighted by Crippen LogP contribution is -2.44. The van der Waals surface area contributed by atoms with Crippen molar-refractivity contribution >= 4 is 11.6 Å². The molecule has 2 saturated carbocycles. The average molecular weight is 451 g/mol. The minimum atomic E-state index is -0.511. The zero-order valence-corrected chi connectivity index (χ0v) is 19.0. The number of pyridine rings is 1. The summed E-state index contributed by atoms with van der Waals surface area (Å²) >= 11 is 0. The predicted octanol–water partition coefficient (Wildman–Crippen LogP) is 3.25. The lowest BCUT2D eigenvalue weighted by molar-refractivity contribution is -0.909. The summed E-state index contributed by atoms with van der Waals surface area (Å²) < 4.78 is 6.15. The fourth-order valence-electron chi connectivity index (χ4n) is 4.43. The number of amides is 1. The topological polar surface area (TPSA) is 111 Å². The Morgan fingerprint density at radius 1 is 1.30 bits per heavy atom. The lowest BCUT2D eigenvalue weighted by Gasteiger charge is -2.33. The van der Waals surface area contributed by atoms with Gasteiger partial charge in [0.25, 0.3) is 6.07 Å². The second-order valence-electron chi connectivity index (χ2n) is 9.00. The van der Waals surface area contributed by atoms with Crippen LogP contribution in [0.1, 0.15) is 54.7 Å². The molecule has 3 aliphatic carbocycles. The summed E-state index contributed by atoms with van der Waals surface area (Å²) in [4.78, 5) is 17.0. The monoisotopic (exact) mass is 450 g/mol. The Morgan fingerprint density at radius 2 is 2.03 bits per heavy atom. The molecule has 1 aromatic rings. The van der Waals surface area contributed by atoms with E-state index >= 15 is 0 Å². The van der Waals surface area contributed by atoms with Gasteiger partial charge in [0.1, 0.15) is 5.76 Å². The SMILES string of the molecule is COC1=CC(=N)/C(=C\[N+]#CC2CCC(O)(C3CC3)CC2)C=C1NC(=O)c1cccc(C)[n+]1O. The summed E-state index contributed by atoms with van der Waals surface area (Å²) in [6.45, 7) is 1.69. The van der Waals surface area contributed by atoms with Crippen LogP contribution >= 0.6 is 0 Å². The first kappa shape index (κ1) is 22.7. The van der Waals surface area contributed by atoms with Gasteiger partial charge in [0.2, 0.25) is 5.69 Å². The number of allylic oxidation sites excluding steroid dienone is 3. The van der Waals surface area contributed by atoms with E-state index in [1.807, 2.05) is 0 Å². The van der Waals surface area contributed by atoms with Gasteiger partial charge in [-0.15, -0.1) is 0 Å². The van der Waals surface area contributed by atoms with E-state index in [1.54, 1.807) is 31.3 Å². The van der Waals surface area contributed by atoms with Crippen LogP contribution in [0, 0.1) is 30.2 Å². The van der Waals surface area contributed by atoms with Crippen LogP contribution in [0.2, 0.25) is 0 Å². The molecule has 33 heavy (non-hydrogen) atoms. The van der Waals surface area contributed by atoms with Crippen molar-refractivity contribution in [3.05, 3.63) is 69.8 Å². The molecule has 0 atom stereocenters. The largest absolute Gasteiger partial charge is 0.494 e. The van der Waals surface area contributed by atoms with Crippen molar-refractivity contribution in [1.29, 1.82) is 5.41 Å². The summed E-state index contributed by atoms with van der Waals surface area (Å²) in [5.74, 6) is 0.486. The predicted molar refractivity (Wildman–Crippen MR) is 122 cm³/mol. The van der Waals surface area contributed by atoms with Gasteiger partial charge < -0.3 is 15.2 Å².